The molecule has 1 heterocycles. The first-order valence-electron chi connectivity index (χ1n) is 5.04. The molecule has 2 fully saturated rings. The predicted molar refractivity (Wildman–Crippen MR) is 49.5 cm³/mol. The molecule has 1 unspecified atom stereocenters. The van der Waals surface area contributed by atoms with Gasteiger partial charge in [0.25, 0.3) is 0 Å². The highest BCUT2D eigenvalue weighted by Crippen LogP contribution is 2.44. The van der Waals surface area contributed by atoms with Crippen LogP contribution in [0.1, 0.15) is 25.7 Å². The average molecular weight is 183 g/mol. The molecule has 0 bridgehead atoms. The molecule has 3 nitrogen and oxygen atoms in total. The Balaban J connectivity index is 2.05. The fourth-order valence-electron chi connectivity index (χ4n) is 2.38. The summed E-state index contributed by atoms with van der Waals surface area (Å²) in [6.07, 6.45) is 4.25. The zero-order valence-electron chi connectivity index (χ0n) is 8.12. The predicted octanol–water partition coefficient (Wildman–Crippen LogP) is 1.19. The molecule has 1 aliphatic heterocycles. The molecule has 0 spiro atoms. The standard InChI is InChI=1S/C10H17NO2/c1-11-5-4-10(7-11,9(12)13)6-8-2-3-8/h8H,2-7H2,1H3,(H,12,13). The fraction of sp³-hybridized carbons (Fsp3) is 0.900. The van der Waals surface area contributed by atoms with Crippen molar-refractivity contribution in [1.82, 2.24) is 4.90 Å². The number of carbonyl (C=O) groups is 1. The monoisotopic (exact) mass is 183 g/mol. The van der Waals surface area contributed by atoms with E-state index in [9.17, 15) is 9.90 Å². The lowest BCUT2D eigenvalue weighted by Crippen LogP contribution is -2.34. The average Bonchev–Trinajstić information content (AvgIpc) is 2.76. The van der Waals surface area contributed by atoms with Crippen LogP contribution in [0.4, 0.5) is 0 Å². The lowest BCUT2D eigenvalue weighted by Gasteiger charge is -2.23. The molecule has 0 aromatic carbocycles. The van der Waals surface area contributed by atoms with Crippen LogP contribution < -0.4 is 0 Å². The van der Waals surface area contributed by atoms with Crippen molar-refractivity contribution in [3.63, 3.8) is 0 Å². The molecule has 0 amide bonds. The summed E-state index contributed by atoms with van der Waals surface area (Å²) in [5.41, 5.74) is -0.407. The van der Waals surface area contributed by atoms with Gasteiger partial charge >= 0.3 is 5.97 Å². The summed E-state index contributed by atoms with van der Waals surface area (Å²) in [5.74, 6) is 0.131. The van der Waals surface area contributed by atoms with Crippen molar-refractivity contribution in [2.75, 3.05) is 20.1 Å². The highest BCUT2D eigenvalue weighted by Gasteiger charge is 2.46. The topological polar surface area (TPSA) is 40.5 Å². The van der Waals surface area contributed by atoms with E-state index in [1.54, 1.807) is 0 Å². The highest BCUT2D eigenvalue weighted by molar-refractivity contribution is 5.75. The third-order valence-corrected chi connectivity index (χ3v) is 3.37. The Kier molecular flexibility index (Phi) is 2.06. The number of aliphatic carboxylic acids is 1. The molecule has 0 radical (unpaired) electrons. The Labute approximate surface area is 78.7 Å². The van der Waals surface area contributed by atoms with E-state index in [0.717, 1.165) is 25.9 Å². The van der Waals surface area contributed by atoms with Crippen LogP contribution >= 0.6 is 0 Å². The molecular weight excluding hydrogens is 166 g/mol. The zero-order valence-corrected chi connectivity index (χ0v) is 8.12. The molecule has 1 atom stereocenters. The van der Waals surface area contributed by atoms with Crippen molar-refractivity contribution < 1.29 is 9.90 Å². The Hall–Kier alpha value is -0.570. The van der Waals surface area contributed by atoms with Crippen molar-refractivity contribution in [1.29, 1.82) is 0 Å². The van der Waals surface area contributed by atoms with Gasteiger partial charge in [-0.15, -0.1) is 0 Å². The normalized spacial score (nSPS) is 35.2. The van der Waals surface area contributed by atoms with Crippen LogP contribution in [0.25, 0.3) is 0 Å². The molecule has 1 saturated heterocycles. The first-order chi connectivity index (χ1) is 6.12. The van der Waals surface area contributed by atoms with Gasteiger partial charge in [-0.3, -0.25) is 4.79 Å². The van der Waals surface area contributed by atoms with Crippen molar-refractivity contribution in [2.45, 2.75) is 25.7 Å². The molecule has 74 valence electrons. The lowest BCUT2D eigenvalue weighted by molar-refractivity contribution is -0.148. The van der Waals surface area contributed by atoms with E-state index in [-0.39, 0.29) is 0 Å². The number of carboxylic acid groups (broad SMARTS) is 1. The summed E-state index contributed by atoms with van der Waals surface area (Å²) in [7, 11) is 2.01. The van der Waals surface area contributed by atoms with Gasteiger partial charge in [0.1, 0.15) is 0 Å². The van der Waals surface area contributed by atoms with Gasteiger partial charge in [-0.2, -0.15) is 0 Å². The van der Waals surface area contributed by atoms with E-state index in [0.29, 0.717) is 5.92 Å². The van der Waals surface area contributed by atoms with E-state index in [2.05, 4.69) is 4.90 Å². The van der Waals surface area contributed by atoms with Crippen LogP contribution in [0, 0.1) is 11.3 Å². The summed E-state index contributed by atoms with van der Waals surface area (Å²) >= 11 is 0. The lowest BCUT2D eigenvalue weighted by atomic mass is 9.82. The van der Waals surface area contributed by atoms with E-state index in [1.807, 2.05) is 7.05 Å². The van der Waals surface area contributed by atoms with Crippen LogP contribution in [-0.2, 0) is 4.79 Å². The minimum Gasteiger partial charge on any atom is -0.481 e. The van der Waals surface area contributed by atoms with Crippen LogP contribution in [-0.4, -0.2) is 36.1 Å². The van der Waals surface area contributed by atoms with Crippen molar-refractivity contribution >= 4 is 5.97 Å². The number of hydrogen-bond donors (Lipinski definition) is 1. The summed E-state index contributed by atoms with van der Waals surface area (Å²) in [6.45, 7) is 1.69. The Bertz CT molecular complexity index is 225. The maximum Gasteiger partial charge on any atom is 0.310 e. The molecule has 0 aromatic rings. The second-order valence-corrected chi connectivity index (χ2v) is 4.72. The summed E-state index contributed by atoms with van der Waals surface area (Å²) in [6, 6.07) is 0. The van der Waals surface area contributed by atoms with E-state index in [4.69, 9.17) is 0 Å². The maximum atomic E-state index is 11.2. The van der Waals surface area contributed by atoms with Gasteiger partial charge in [-0.1, -0.05) is 12.8 Å². The Morgan fingerprint density at radius 1 is 1.62 bits per heavy atom. The van der Waals surface area contributed by atoms with Crippen molar-refractivity contribution in [3.05, 3.63) is 0 Å². The number of likely N-dealkylation sites (tertiary alicyclic amines) is 1. The number of carboxylic acids is 1. The number of nitrogens with zero attached hydrogens (tertiary/aromatic N) is 1. The molecule has 3 heteroatoms. The third kappa shape index (κ3) is 1.70. The number of hydrogen-bond acceptors (Lipinski definition) is 2. The Morgan fingerprint density at radius 2 is 2.31 bits per heavy atom. The molecule has 1 N–H and O–H groups in total. The molecule has 2 rings (SSSR count). The summed E-state index contributed by atoms with van der Waals surface area (Å²) in [5, 5.41) is 9.23. The SMILES string of the molecule is CN1CCC(CC2CC2)(C(=O)O)C1. The minimum atomic E-state index is -0.580. The van der Waals surface area contributed by atoms with E-state index in [1.165, 1.54) is 12.8 Å². The minimum absolute atomic E-state index is 0.407. The van der Waals surface area contributed by atoms with Gasteiger partial charge in [0.05, 0.1) is 5.41 Å². The largest absolute Gasteiger partial charge is 0.481 e. The van der Waals surface area contributed by atoms with Crippen LogP contribution in [0.3, 0.4) is 0 Å². The van der Waals surface area contributed by atoms with Gasteiger partial charge in [0, 0.05) is 6.54 Å². The molecule has 13 heavy (non-hydrogen) atoms. The molecule has 0 aromatic heterocycles. The second kappa shape index (κ2) is 2.98. The highest BCUT2D eigenvalue weighted by atomic mass is 16.4. The quantitative estimate of drug-likeness (QED) is 0.714. The molecule has 2 aliphatic rings. The van der Waals surface area contributed by atoms with Gasteiger partial charge < -0.3 is 10.0 Å². The smallest absolute Gasteiger partial charge is 0.310 e. The fourth-order valence-corrected chi connectivity index (χ4v) is 2.38. The van der Waals surface area contributed by atoms with E-state index >= 15 is 0 Å². The molecule has 1 aliphatic carbocycles. The third-order valence-electron chi connectivity index (χ3n) is 3.37. The summed E-state index contributed by atoms with van der Waals surface area (Å²) < 4.78 is 0. The van der Waals surface area contributed by atoms with Crippen LogP contribution in [0.5, 0.6) is 0 Å². The van der Waals surface area contributed by atoms with Crippen LogP contribution in [0.15, 0.2) is 0 Å². The first-order valence-corrected chi connectivity index (χ1v) is 5.04. The molecular formula is C10H17NO2. The number of rotatable bonds is 3. The zero-order chi connectivity index (χ0) is 9.47. The Morgan fingerprint density at radius 3 is 2.69 bits per heavy atom. The van der Waals surface area contributed by atoms with Gasteiger partial charge in [0.2, 0.25) is 0 Å². The first kappa shape index (κ1) is 9.00. The van der Waals surface area contributed by atoms with Crippen LogP contribution in [0.2, 0.25) is 0 Å². The summed E-state index contributed by atoms with van der Waals surface area (Å²) in [4.78, 5) is 13.3. The van der Waals surface area contributed by atoms with E-state index < -0.39 is 11.4 Å². The van der Waals surface area contributed by atoms with Gasteiger partial charge in [-0.25, -0.2) is 0 Å². The van der Waals surface area contributed by atoms with Gasteiger partial charge in [-0.05, 0) is 32.4 Å². The molecule has 1 saturated carbocycles. The van der Waals surface area contributed by atoms with Crippen molar-refractivity contribution in [2.24, 2.45) is 11.3 Å². The van der Waals surface area contributed by atoms with Gasteiger partial charge in [0.15, 0.2) is 0 Å². The maximum absolute atomic E-state index is 11.2. The van der Waals surface area contributed by atoms with Crippen molar-refractivity contribution in [3.8, 4) is 0 Å². The second-order valence-electron chi connectivity index (χ2n) is 4.72.